The van der Waals surface area contributed by atoms with E-state index in [4.69, 9.17) is 9.47 Å². The maximum absolute atomic E-state index is 13.0. The van der Waals surface area contributed by atoms with Crippen LogP contribution in [0.15, 0.2) is 53.3 Å². The fourth-order valence-corrected chi connectivity index (χ4v) is 3.45. The lowest BCUT2D eigenvalue weighted by Gasteiger charge is -2.25. The lowest BCUT2D eigenvalue weighted by molar-refractivity contribution is -0.135. The van der Waals surface area contributed by atoms with E-state index in [9.17, 15) is 14.0 Å². The van der Waals surface area contributed by atoms with Gasteiger partial charge in [-0.1, -0.05) is 12.1 Å². The van der Waals surface area contributed by atoms with Crippen molar-refractivity contribution in [2.24, 2.45) is 0 Å². The van der Waals surface area contributed by atoms with Crippen LogP contribution in [-0.4, -0.2) is 46.6 Å². The third-order valence-electron chi connectivity index (χ3n) is 4.98. The highest BCUT2D eigenvalue weighted by Gasteiger charge is 2.24. The number of carbonyl (C=O) groups excluding carboxylic acids is 1. The molecule has 1 N–H and O–H groups in total. The Kier molecular flexibility index (Phi) is 6.04. The number of fused-ring (bicyclic) bond motifs is 1. The predicted molar refractivity (Wildman–Crippen MR) is 109 cm³/mol. The van der Waals surface area contributed by atoms with Crippen molar-refractivity contribution in [1.29, 1.82) is 0 Å². The zero-order valence-corrected chi connectivity index (χ0v) is 16.3. The summed E-state index contributed by atoms with van der Waals surface area (Å²) in [7, 11) is 0. The van der Waals surface area contributed by atoms with Crippen molar-refractivity contribution < 1.29 is 18.7 Å². The Balaban J connectivity index is 1.50. The Hall–Kier alpha value is -3.26. The molecule has 2 aromatic carbocycles. The maximum atomic E-state index is 13.0. The Labute approximate surface area is 172 Å². The normalized spacial score (nSPS) is 16.0. The van der Waals surface area contributed by atoms with Crippen LogP contribution >= 0.6 is 0 Å². The molecule has 1 fully saturated rings. The van der Waals surface area contributed by atoms with Gasteiger partial charge in [0, 0.05) is 13.2 Å². The van der Waals surface area contributed by atoms with Crippen LogP contribution in [0.4, 0.5) is 4.39 Å². The lowest BCUT2D eigenvalue weighted by atomic mass is 10.2. The summed E-state index contributed by atoms with van der Waals surface area (Å²) in [6.45, 7) is 0.966. The summed E-state index contributed by atoms with van der Waals surface area (Å²) in [4.78, 5) is 34.1. The summed E-state index contributed by atoms with van der Waals surface area (Å²) in [6.07, 6.45) is 1.75. The Morgan fingerprint density at radius 3 is 2.80 bits per heavy atom. The molecule has 0 saturated carbocycles. The largest absolute Gasteiger partial charge is 0.484 e. The minimum absolute atomic E-state index is 0.0630. The first-order valence-electron chi connectivity index (χ1n) is 9.84. The van der Waals surface area contributed by atoms with Gasteiger partial charge in [-0.15, -0.1) is 0 Å². The van der Waals surface area contributed by atoms with E-state index >= 15 is 0 Å². The lowest BCUT2D eigenvalue weighted by Crippen LogP contribution is -2.40. The van der Waals surface area contributed by atoms with Crippen molar-refractivity contribution in [2.75, 3.05) is 19.8 Å². The molecule has 1 atom stereocenters. The molecule has 2 heterocycles. The van der Waals surface area contributed by atoms with Crippen molar-refractivity contribution in [1.82, 2.24) is 14.9 Å². The van der Waals surface area contributed by atoms with Gasteiger partial charge in [0.1, 0.15) is 17.4 Å². The van der Waals surface area contributed by atoms with Crippen LogP contribution in [0.25, 0.3) is 10.9 Å². The average Bonchev–Trinajstić information content (AvgIpc) is 3.26. The molecule has 4 rings (SSSR count). The number of amides is 1. The number of nitrogens with one attached hydrogen (secondary N) is 1. The minimum atomic E-state index is -0.375. The van der Waals surface area contributed by atoms with Gasteiger partial charge in [0.05, 0.1) is 23.6 Å². The summed E-state index contributed by atoms with van der Waals surface area (Å²) in [5, 5.41) is 0.498. The molecule has 1 aromatic heterocycles. The topological polar surface area (TPSA) is 84.5 Å². The second-order valence-electron chi connectivity index (χ2n) is 7.18. The van der Waals surface area contributed by atoms with Gasteiger partial charge in [-0.05, 0) is 49.2 Å². The van der Waals surface area contributed by atoms with E-state index in [1.807, 2.05) is 6.07 Å². The molecule has 1 saturated heterocycles. The summed E-state index contributed by atoms with van der Waals surface area (Å²) >= 11 is 0. The van der Waals surface area contributed by atoms with E-state index in [-0.39, 0.29) is 36.5 Å². The van der Waals surface area contributed by atoms with Crippen molar-refractivity contribution >= 4 is 16.8 Å². The molecule has 0 spiro atoms. The van der Waals surface area contributed by atoms with Gasteiger partial charge in [-0.25, -0.2) is 9.37 Å². The monoisotopic (exact) mass is 411 g/mol. The molecule has 7 nitrogen and oxygen atoms in total. The number of rotatable bonds is 7. The average molecular weight is 411 g/mol. The molecule has 0 aliphatic carbocycles. The highest BCUT2D eigenvalue weighted by Crippen LogP contribution is 2.16. The Morgan fingerprint density at radius 2 is 2.03 bits per heavy atom. The van der Waals surface area contributed by atoms with Crippen LogP contribution in [0, 0.1) is 5.82 Å². The van der Waals surface area contributed by atoms with Crippen LogP contribution in [0.5, 0.6) is 5.75 Å². The Morgan fingerprint density at radius 1 is 1.23 bits per heavy atom. The fourth-order valence-electron chi connectivity index (χ4n) is 3.45. The van der Waals surface area contributed by atoms with E-state index in [0.717, 1.165) is 12.8 Å². The number of ether oxygens (including phenoxy) is 2. The predicted octanol–water partition coefficient (Wildman–Crippen LogP) is 2.65. The first-order chi connectivity index (χ1) is 14.6. The number of para-hydroxylation sites is 1. The number of carbonyl (C=O) groups is 1. The first-order valence-corrected chi connectivity index (χ1v) is 9.84. The van der Waals surface area contributed by atoms with E-state index in [1.165, 1.54) is 24.3 Å². The van der Waals surface area contributed by atoms with Gasteiger partial charge in [0.15, 0.2) is 6.61 Å². The Bertz CT molecular complexity index is 1080. The fraction of sp³-hybridized carbons (Fsp3) is 0.318. The quantitative estimate of drug-likeness (QED) is 0.646. The zero-order valence-electron chi connectivity index (χ0n) is 16.3. The number of halogens is 1. The standard InChI is InChI=1S/C22H22FN3O4/c23-15-7-9-16(10-8-15)30-14-21(27)26(12-17-4-3-11-29-17)13-20-24-19-6-2-1-5-18(19)22(28)25-20/h1-2,5-10,17H,3-4,11-14H2,(H,24,25,28). The van der Waals surface area contributed by atoms with E-state index < -0.39 is 0 Å². The highest BCUT2D eigenvalue weighted by molar-refractivity contribution is 5.78. The van der Waals surface area contributed by atoms with Gasteiger partial charge in [0.25, 0.3) is 11.5 Å². The van der Waals surface area contributed by atoms with Crippen molar-refractivity contribution in [2.45, 2.75) is 25.5 Å². The second kappa shape index (κ2) is 9.04. The number of benzene rings is 2. The number of hydrogen-bond acceptors (Lipinski definition) is 5. The molecule has 1 unspecified atom stereocenters. The minimum Gasteiger partial charge on any atom is -0.484 e. The molecule has 0 radical (unpaired) electrons. The second-order valence-corrected chi connectivity index (χ2v) is 7.18. The van der Waals surface area contributed by atoms with Crippen molar-refractivity contribution in [3.05, 3.63) is 70.5 Å². The number of aromatic amines is 1. The van der Waals surface area contributed by atoms with Crippen LogP contribution < -0.4 is 10.3 Å². The number of H-pyrrole nitrogens is 1. The van der Waals surface area contributed by atoms with Gasteiger partial charge in [-0.3, -0.25) is 9.59 Å². The molecule has 0 bridgehead atoms. The number of nitrogens with zero attached hydrogens (tertiary/aromatic N) is 2. The summed E-state index contributed by atoms with van der Waals surface area (Å²) in [5.41, 5.74) is 0.325. The summed E-state index contributed by atoms with van der Waals surface area (Å²) in [6, 6.07) is 12.5. The highest BCUT2D eigenvalue weighted by atomic mass is 19.1. The molecule has 8 heteroatoms. The van der Waals surface area contributed by atoms with Crippen LogP contribution in [0.1, 0.15) is 18.7 Å². The number of aromatic nitrogens is 2. The van der Waals surface area contributed by atoms with Gasteiger partial charge < -0.3 is 19.4 Å². The third-order valence-corrected chi connectivity index (χ3v) is 4.98. The molecule has 1 amide bonds. The van der Waals surface area contributed by atoms with Crippen molar-refractivity contribution in [3.8, 4) is 5.75 Å². The maximum Gasteiger partial charge on any atom is 0.261 e. The molecule has 156 valence electrons. The first kappa shape index (κ1) is 20.0. The van der Waals surface area contributed by atoms with Crippen LogP contribution in [0.3, 0.4) is 0 Å². The summed E-state index contributed by atoms with van der Waals surface area (Å²) < 4.78 is 24.2. The SMILES string of the molecule is O=C(COc1ccc(F)cc1)N(Cc1nc2ccccc2c(=O)[nH]1)CC1CCCO1. The van der Waals surface area contributed by atoms with Gasteiger partial charge >= 0.3 is 0 Å². The molecule has 30 heavy (non-hydrogen) atoms. The van der Waals surface area contributed by atoms with E-state index in [1.54, 1.807) is 23.1 Å². The van der Waals surface area contributed by atoms with Gasteiger partial charge in [0.2, 0.25) is 0 Å². The molecule has 3 aromatic rings. The smallest absolute Gasteiger partial charge is 0.261 e. The van der Waals surface area contributed by atoms with Crippen LogP contribution in [0.2, 0.25) is 0 Å². The molecular formula is C22H22FN3O4. The molecular weight excluding hydrogens is 389 g/mol. The van der Waals surface area contributed by atoms with Gasteiger partial charge in [-0.2, -0.15) is 0 Å². The van der Waals surface area contributed by atoms with Crippen molar-refractivity contribution in [3.63, 3.8) is 0 Å². The molecule has 1 aliphatic heterocycles. The summed E-state index contributed by atoms with van der Waals surface area (Å²) in [5.74, 6) is 0.150. The zero-order chi connectivity index (χ0) is 20.9. The van der Waals surface area contributed by atoms with E-state index in [2.05, 4.69) is 9.97 Å². The van der Waals surface area contributed by atoms with E-state index in [0.29, 0.717) is 35.6 Å². The third kappa shape index (κ3) is 4.83. The molecule has 1 aliphatic rings. The number of hydrogen-bond donors (Lipinski definition) is 1. The van der Waals surface area contributed by atoms with Crippen LogP contribution in [-0.2, 0) is 16.1 Å².